The summed E-state index contributed by atoms with van der Waals surface area (Å²) in [6, 6.07) is 13.0. The van der Waals surface area contributed by atoms with E-state index in [0.717, 1.165) is 37.9 Å². The topological polar surface area (TPSA) is 67.1 Å². The van der Waals surface area contributed by atoms with Crippen LogP contribution in [-0.4, -0.2) is 12.1 Å². The standard InChI is InChI=1S/C13H16N2O.C11H17N/c14-13(16)15-12-10-5-1-3-8(10)7-9-4-2-6-11(9)12;1-3-10(2)12-9-11-7-5-4-6-8-11/h7H,1-6H2,(H3,14,15,16);4-8,10,12H,3,9H2,1-2H3. The van der Waals surface area contributed by atoms with E-state index in [9.17, 15) is 4.79 Å². The first-order chi connectivity index (χ1) is 13.6. The summed E-state index contributed by atoms with van der Waals surface area (Å²) in [6.45, 7) is 5.39. The van der Waals surface area contributed by atoms with E-state index in [1.165, 1.54) is 47.1 Å². The van der Waals surface area contributed by atoms with E-state index in [2.05, 4.69) is 54.8 Å². The molecule has 2 aliphatic carbocycles. The molecule has 4 heteroatoms. The molecule has 4 nitrogen and oxygen atoms in total. The second-order valence-corrected chi connectivity index (χ2v) is 7.90. The second kappa shape index (κ2) is 9.74. The Morgan fingerprint density at radius 2 is 1.64 bits per heavy atom. The van der Waals surface area contributed by atoms with Crippen molar-refractivity contribution in [1.29, 1.82) is 0 Å². The fourth-order valence-electron chi connectivity index (χ4n) is 4.12. The van der Waals surface area contributed by atoms with Crippen molar-refractivity contribution in [3.8, 4) is 0 Å². The third-order valence-corrected chi connectivity index (χ3v) is 5.83. The number of amides is 2. The zero-order valence-corrected chi connectivity index (χ0v) is 17.2. The van der Waals surface area contributed by atoms with E-state index in [4.69, 9.17) is 5.73 Å². The minimum absolute atomic E-state index is 0.436. The summed E-state index contributed by atoms with van der Waals surface area (Å²) in [6.07, 6.45) is 8.05. The molecule has 28 heavy (non-hydrogen) atoms. The van der Waals surface area contributed by atoms with Gasteiger partial charge >= 0.3 is 6.03 Å². The summed E-state index contributed by atoms with van der Waals surface area (Å²) in [5.41, 5.74) is 13.2. The van der Waals surface area contributed by atoms with Gasteiger partial charge in [-0.2, -0.15) is 0 Å². The molecule has 0 aromatic heterocycles. The quantitative estimate of drug-likeness (QED) is 0.703. The van der Waals surface area contributed by atoms with Crippen LogP contribution >= 0.6 is 0 Å². The maximum Gasteiger partial charge on any atom is 0.316 e. The van der Waals surface area contributed by atoms with Gasteiger partial charge in [0.15, 0.2) is 0 Å². The number of benzene rings is 2. The van der Waals surface area contributed by atoms with Crippen LogP contribution in [0.2, 0.25) is 0 Å². The number of aryl methyl sites for hydroxylation is 2. The molecule has 1 atom stereocenters. The van der Waals surface area contributed by atoms with E-state index >= 15 is 0 Å². The first kappa shape index (κ1) is 20.4. The first-order valence-corrected chi connectivity index (χ1v) is 10.6. The van der Waals surface area contributed by atoms with E-state index < -0.39 is 6.03 Å². The lowest BCUT2D eigenvalue weighted by molar-refractivity contribution is 0.259. The highest BCUT2D eigenvalue weighted by atomic mass is 16.2. The third kappa shape index (κ3) is 5.14. The predicted octanol–water partition coefficient (Wildman–Crippen LogP) is 4.73. The van der Waals surface area contributed by atoms with Gasteiger partial charge in [-0.25, -0.2) is 4.79 Å². The summed E-state index contributed by atoms with van der Waals surface area (Å²) in [5, 5.41) is 6.29. The van der Waals surface area contributed by atoms with Crippen molar-refractivity contribution in [1.82, 2.24) is 5.32 Å². The lowest BCUT2D eigenvalue weighted by Gasteiger charge is -2.14. The van der Waals surface area contributed by atoms with Crippen molar-refractivity contribution in [2.75, 3.05) is 5.32 Å². The van der Waals surface area contributed by atoms with Crippen LogP contribution < -0.4 is 16.4 Å². The van der Waals surface area contributed by atoms with Gasteiger partial charge in [0.25, 0.3) is 0 Å². The lowest BCUT2D eigenvalue weighted by Crippen LogP contribution is -2.24. The van der Waals surface area contributed by atoms with Gasteiger partial charge in [-0.05, 0) is 79.7 Å². The largest absolute Gasteiger partial charge is 0.351 e. The number of hydrogen-bond donors (Lipinski definition) is 3. The Labute approximate surface area is 168 Å². The normalized spacial score (nSPS) is 15.2. The number of primary amides is 1. The average Bonchev–Trinajstić information content (AvgIpc) is 3.36. The SMILES string of the molecule is CCC(C)NCc1ccccc1.NC(=O)Nc1c2c(cc3c1CCC3)CCC2. The molecule has 0 saturated carbocycles. The van der Waals surface area contributed by atoms with Gasteiger partial charge in [-0.15, -0.1) is 0 Å². The smallest absolute Gasteiger partial charge is 0.316 e. The molecule has 2 amide bonds. The van der Waals surface area contributed by atoms with Crippen LogP contribution in [0.1, 0.15) is 60.9 Å². The zero-order chi connectivity index (χ0) is 19.9. The van der Waals surface area contributed by atoms with Gasteiger partial charge in [-0.3, -0.25) is 0 Å². The Balaban J connectivity index is 0.000000169. The van der Waals surface area contributed by atoms with Gasteiger partial charge in [0.1, 0.15) is 0 Å². The second-order valence-electron chi connectivity index (χ2n) is 7.90. The molecule has 150 valence electrons. The van der Waals surface area contributed by atoms with Crippen LogP contribution in [0.5, 0.6) is 0 Å². The van der Waals surface area contributed by atoms with Gasteiger partial charge in [0, 0.05) is 18.3 Å². The third-order valence-electron chi connectivity index (χ3n) is 5.83. The van der Waals surface area contributed by atoms with Crippen LogP contribution in [0.4, 0.5) is 10.5 Å². The van der Waals surface area contributed by atoms with Crippen molar-refractivity contribution >= 4 is 11.7 Å². The van der Waals surface area contributed by atoms with Crippen molar-refractivity contribution < 1.29 is 4.79 Å². The molecule has 2 aliphatic rings. The Bertz CT molecular complexity index is 769. The molecule has 0 aliphatic heterocycles. The predicted molar refractivity (Wildman–Crippen MR) is 117 cm³/mol. The Morgan fingerprint density at radius 3 is 2.18 bits per heavy atom. The van der Waals surface area contributed by atoms with Crippen molar-refractivity contribution in [2.45, 2.75) is 71.4 Å². The van der Waals surface area contributed by atoms with Crippen LogP contribution in [0.15, 0.2) is 36.4 Å². The van der Waals surface area contributed by atoms with Gasteiger partial charge in [0.05, 0.1) is 0 Å². The number of carbonyl (C=O) groups is 1. The molecular weight excluding hydrogens is 346 g/mol. The molecule has 0 saturated heterocycles. The number of urea groups is 1. The Hall–Kier alpha value is -2.33. The highest BCUT2D eigenvalue weighted by Crippen LogP contribution is 2.38. The van der Waals surface area contributed by atoms with Crippen LogP contribution in [-0.2, 0) is 32.2 Å². The van der Waals surface area contributed by atoms with Crippen molar-refractivity contribution in [2.24, 2.45) is 5.73 Å². The number of rotatable bonds is 5. The van der Waals surface area contributed by atoms with E-state index in [1.807, 2.05) is 6.07 Å². The Kier molecular flexibility index (Phi) is 7.10. The molecule has 0 bridgehead atoms. The van der Waals surface area contributed by atoms with Crippen molar-refractivity contribution in [3.05, 3.63) is 64.2 Å². The molecule has 0 spiro atoms. The number of fused-ring (bicyclic) bond motifs is 2. The summed E-state index contributed by atoms with van der Waals surface area (Å²) in [7, 11) is 0. The lowest BCUT2D eigenvalue weighted by atomic mass is 9.99. The number of hydrogen-bond acceptors (Lipinski definition) is 2. The van der Waals surface area contributed by atoms with Crippen LogP contribution in [0.3, 0.4) is 0 Å². The summed E-state index contributed by atoms with van der Waals surface area (Å²) in [4.78, 5) is 11.1. The summed E-state index contributed by atoms with van der Waals surface area (Å²) < 4.78 is 0. The highest BCUT2D eigenvalue weighted by molar-refractivity contribution is 5.90. The van der Waals surface area contributed by atoms with Crippen LogP contribution in [0.25, 0.3) is 0 Å². The molecule has 4 N–H and O–H groups in total. The van der Waals surface area contributed by atoms with E-state index in [0.29, 0.717) is 6.04 Å². The highest BCUT2D eigenvalue weighted by Gasteiger charge is 2.24. The number of anilines is 1. The molecule has 4 rings (SSSR count). The fourth-order valence-corrected chi connectivity index (χ4v) is 4.12. The van der Waals surface area contributed by atoms with E-state index in [-0.39, 0.29) is 0 Å². The molecule has 0 heterocycles. The summed E-state index contributed by atoms with van der Waals surface area (Å²) >= 11 is 0. The minimum Gasteiger partial charge on any atom is -0.351 e. The van der Waals surface area contributed by atoms with Gasteiger partial charge in [0.2, 0.25) is 0 Å². The molecule has 2 aromatic carbocycles. The average molecular weight is 380 g/mol. The zero-order valence-electron chi connectivity index (χ0n) is 17.2. The van der Waals surface area contributed by atoms with Crippen molar-refractivity contribution in [3.63, 3.8) is 0 Å². The van der Waals surface area contributed by atoms with Gasteiger partial charge < -0.3 is 16.4 Å². The van der Waals surface area contributed by atoms with E-state index in [1.54, 1.807) is 0 Å². The fraction of sp³-hybridized carbons (Fsp3) is 0.458. The maximum absolute atomic E-state index is 11.1. The molecule has 2 aromatic rings. The number of nitrogens with two attached hydrogens (primary N) is 1. The maximum atomic E-state index is 11.1. The molecule has 1 unspecified atom stereocenters. The summed E-state index contributed by atoms with van der Waals surface area (Å²) in [5.74, 6) is 0. The number of carbonyl (C=O) groups excluding carboxylic acids is 1. The monoisotopic (exact) mass is 379 g/mol. The molecular formula is C24H33N3O. The number of nitrogens with one attached hydrogen (secondary N) is 2. The first-order valence-electron chi connectivity index (χ1n) is 10.6. The minimum atomic E-state index is -0.436. The van der Waals surface area contributed by atoms with Gasteiger partial charge in [-0.1, -0.05) is 43.3 Å². The molecule has 0 fully saturated rings. The van der Waals surface area contributed by atoms with Crippen LogP contribution in [0, 0.1) is 0 Å². The Morgan fingerprint density at radius 1 is 1.04 bits per heavy atom. The molecule has 0 radical (unpaired) electrons.